The van der Waals surface area contributed by atoms with Crippen molar-refractivity contribution in [2.24, 2.45) is 0 Å². The molecule has 1 rings (SSSR count). The number of nitrogens with one attached hydrogen (secondary N) is 1. The number of thiophene rings is 1. The maximum Gasteiger partial charge on any atom is 0.303 e. The first-order chi connectivity index (χ1) is 9.90. The highest BCUT2D eigenvalue weighted by Crippen LogP contribution is 2.17. The van der Waals surface area contributed by atoms with Crippen LogP contribution >= 0.6 is 11.3 Å². The summed E-state index contributed by atoms with van der Waals surface area (Å²) in [5, 5.41) is 13.6. The molecule has 0 spiro atoms. The molecule has 0 aliphatic heterocycles. The van der Waals surface area contributed by atoms with Crippen molar-refractivity contribution in [3.05, 3.63) is 22.4 Å². The molecule has 0 aliphatic carbocycles. The smallest absolute Gasteiger partial charge is 0.303 e. The molecule has 5 nitrogen and oxygen atoms in total. The van der Waals surface area contributed by atoms with Crippen molar-refractivity contribution >= 4 is 23.2 Å². The summed E-state index contributed by atoms with van der Waals surface area (Å²) in [5.74, 6) is -0.825. The number of carbonyl (C=O) groups excluding carboxylic acids is 1. The molecule has 1 unspecified atom stereocenters. The van der Waals surface area contributed by atoms with Gasteiger partial charge in [-0.3, -0.25) is 14.5 Å². The van der Waals surface area contributed by atoms with Gasteiger partial charge in [0.25, 0.3) is 0 Å². The SMILES string of the molecule is CC(NC(=O)CN(CCCC(=O)O)C(C)C)c1cccs1. The molecular weight excluding hydrogens is 288 g/mol. The molecule has 0 aliphatic rings. The molecule has 1 atom stereocenters. The van der Waals surface area contributed by atoms with Gasteiger partial charge in [-0.1, -0.05) is 6.07 Å². The van der Waals surface area contributed by atoms with Gasteiger partial charge in [0.15, 0.2) is 0 Å². The van der Waals surface area contributed by atoms with Crippen molar-refractivity contribution in [3.8, 4) is 0 Å². The Bertz CT molecular complexity index is 446. The molecule has 0 radical (unpaired) electrons. The van der Waals surface area contributed by atoms with E-state index in [2.05, 4.69) is 5.32 Å². The van der Waals surface area contributed by atoms with Gasteiger partial charge in [-0.15, -0.1) is 11.3 Å². The topological polar surface area (TPSA) is 69.6 Å². The lowest BCUT2D eigenvalue weighted by atomic mass is 10.2. The summed E-state index contributed by atoms with van der Waals surface area (Å²) in [5.41, 5.74) is 0. The Morgan fingerprint density at radius 1 is 1.38 bits per heavy atom. The number of amides is 1. The normalized spacial score (nSPS) is 12.6. The van der Waals surface area contributed by atoms with E-state index in [0.29, 0.717) is 19.5 Å². The van der Waals surface area contributed by atoms with Gasteiger partial charge in [0, 0.05) is 17.3 Å². The van der Waals surface area contributed by atoms with Crippen LogP contribution in [0.4, 0.5) is 0 Å². The van der Waals surface area contributed by atoms with Gasteiger partial charge in [0.2, 0.25) is 5.91 Å². The standard InChI is InChI=1S/C15H24N2O3S/c1-11(2)17(8-4-7-15(19)20)10-14(18)16-12(3)13-6-5-9-21-13/h5-6,9,11-12H,4,7-8,10H2,1-3H3,(H,16,18)(H,19,20). The highest BCUT2D eigenvalue weighted by atomic mass is 32.1. The first kappa shape index (κ1) is 17.7. The lowest BCUT2D eigenvalue weighted by Gasteiger charge is -2.26. The molecule has 0 saturated carbocycles. The van der Waals surface area contributed by atoms with E-state index >= 15 is 0 Å². The fraction of sp³-hybridized carbons (Fsp3) is 0.600. The predicted molar refractivity (Wildman–Crippen MR) is 84.5 cm³/mol. The fourth-order valence-electron chi connectivity index (χ4n) is 2.03. The summed E-state index contributed by atoms with van der Waals surface area (Å²) < 4.78 is 0. The van der Waals surface area contributed by atoms with E-state index in [-0.39, 0.29) is 24.4 Å². The van der Waals surface area contributed by atoms with Gasteiger partial charge in [-0.25, -0.2) is 0 Å². The third-order valence-electron chi connectivity index (χ3n) is 3.26. The average Bonchev–Trinajstić information content (AvgIpc) is 2.90. The number of hydrogen-bond acceptors (Lipinski definition) is 4. The third-order valence-corrected chi connectivity index (χ3v) is 4.32. The number of carboxylic acids is 1. The Morgan fingerprint density at radius 3 is 2.62 bits per heavy atom. The lowest BCUT2D eigenvalue weighted by Crippen LogP contribution is -2.42. The number of carboxylic acid groups (broad SMARTS) is 1. The number of hydrogen-bond donors (Lipinski definition) is 2. The van der Waals surface area contributed by atoms with Crippen LogP contribution in [0.5, 0.6) is 0 Å². The molecule has 1 aromatic heterocycles. The zero-order valence-corrected chi connectivity index (χ0v) is 13.7. The molecule has 1 amide bonds. The zero-order valence-electron chi connectivity index (χ0n) is 12.8. The van der Waals surface area contributed by atoms with Gasteiger partial charge in [-0.2, -0.15) is 0 Å². The highest BCUT2D eigenvalue weighted by molar-refractivity contribution is 7.10. The first-order valence-electron chi connectivity index (χ1n) is 7.18. The van der Waals surface area contributed by atoms with Crippen molar-refractivity contribution in [1.29, 1.82) is 0 Å². The van der Waals surface area contributed by atoms with Crippen LogP contribution in [-0.4, -0.2) is 41.0 Å². The van der Waals surface area contributed by atoms with Crippen molar-refractivity contribution in [3.63, 3.8) is 0 Å². The van der Waals surface area contributed by atoms with E-state index in [1.165, 1.54) is 0 Å². The van der Waals surface area contributed by atoms with Crippen LogP contribution in [0.15, 0.2) is 17.5 Å². The number of aliphatic carboxylic acids is 1. The molecule has 0 saturated heterocycles. The third kappa shape index (κ3) is 6.73. The molecule has 118 valence electrons. The van der Waals surface area contributed by atoms with Crippen LogP contribution in [0.2, 0.25) is 0 Å². The quantitative estimate of drug-likeness (QED) is 0.735. The molecule has 21 heavy (non-hydrogen) atoms. The molecule has 6 heteroatoms. The van der Waals surface area contributed by atoms with Gasteiger partial charge < -0.3 is 10.4 Å². The van der Waals surface area contributed by atoms with Crippen molar-refractivity contribution in [2.75, 3.05) is 13.1 Å². The minimum atomic E-state index is -0.797. The molecule has 1 aromatic rings. The maximum atomic E-state index is 12.1. The van der Waals surface area contributed by atoms with Crippen LogP contribution in [0, 0.1) is 0 Å². The van der Waals surface area contributed by atoms with Gasteiger partial charge in [0.1, 0.15) is 0 Å². The minimum absolute atomic E-state index is 0.00512. The summed E-state index contributed by atoms with van der Waals surface area (Å²) in [6, 6.07) is 4.18. The lowest BCUT2D eigenvalue weighted by molar-refractivity contribution is -0.137. The molecule has 0 bridgehead atoms. The Labute approximate surface area is 130 Å². The van der Waals surface area contributed by atoms with Gasteiger partial charge in [-0.05, 0) is 45.2 Å². The summed E-state index contributed by atoms with van der Waals surface area (Å²) in [6.07, 6.45) is 0.692. The zero-order chi connectivity index (χ0) is 15.8. The van der Waals surface area contributed by atoms with Crippen LogP contribution in [0.1, 0.15) is 44.5 Å². The van der Waals surface area contributed by atoms with E-state index < -0.39 is 5.97 Å². The van der Waals surface area contributed by atoms with Crippen LogP contribution in [0.25, 0.3) is 0 Å². The van der Waals surface area contributed by atoms with E-state index in [4.69, 9.17) is 5.11 Å². The van der Waals surface area contributed by atoms with Gasteiger partial charge >= 0.3 is 5.97 Å². The second kappa shape index (κ2) is 8.79. The van der Waals surface area contributed by atoms with Crippen LogP contribution in [-0.2, 0) is 9.59 Å². The van der Waals surface area contributed by atoms with E-state index in [1.54, 1.807) is 11.3 Å². The second-order valence-corrected chi connectivity index (χ2v) is 6.35. The minimum Gasteiger partial charge on any atom is -0.481 e. The van der Waals surface area contributed by atoms with Crippen molar-refractivity contribution in [2.45, 2.75) is 45.7 Å². The summed E-state index contributed by atoms with van der Waals surface area (Å²) >= 11 is 1.62. The Hall–Kier alpha value is -1.40. The summed E-state index contributed by atoms with van der Waals surface area (Å²) in [7, 11) is 0. The first-order valence-corrected chi connectivity index (χ1v) is 8.06. The number of nitrogens with zero attached hydrogens (tertiary/aromatic N) is 1. The number of rotatable bonds is 9. The molecular formula is C15H24N2O3S. The molecule has 1 heterocycles. The summed E-state index contributed by atoms with van der Waals surface area (Å²) in [6.45, 7) is 6.90. The predicted octanol–water partition coefficient (Wildman–Crippen LogP) is 2.50. The molecule has 0 fully saturated rings. The van der Waals surface area contributed by atoms with Crippen molar-refractivity contribution in [1.82, 2.24) is 10.2 Å². The Kier molecular flexibility index (Phi) is 7.39. The maximum absolute atomic E-state index is 12.1. The Morgan fingerprint density at radius 2 is 2.10 bits per heavy atom. The van der Waals surface area contributed by atoms with E-state index in [9.17, 15) is 9.59 Å². The van der Waals surface area contributed by atoms with E-state index in [0.717, 1.165) is 4.88 Å². The molecule has 2 N–H and O–H groups in total. The summed E-state index contributed by atoms with van der Waals surface area (Å²) in [4.78, 5) is 25.8. The van der Waals surface area contributed by atoms with E-state index in [1.807, 2.05) is 43.2 Å². The second-order valence-electron chi connectivity index (χ2n) is 5.37. The van der Waals surface area contributed by atoms with Crippen LogP contribution < -0.4 is 5.32 Å². The monoisotopic (exact) mass is 312 g/mol. The highest BCUT2D eigenvalue weighted by Gasteiger charge is 2.16. The number of carbonyl (C=O) groups is 2. The van der Waals surface area contributed by atoms with Crippen molar-refractivity contribution < 1.29 is 14.7 Å². The van der Waals surface area contributed by atoms with Crippen LogP contribution in [0.3, 0.4) is 0 Å². The average molecular weight is 312 g/mol. The largest absolute Gasteiger partial charge is 0.481 e. The fourth-order valence-corrected chi connectivity index (χ4v) is 2.77. The Balaban J connectivity index is 2.43. The molecule has 0 aromatic carbocycles. The van der Waals surface area contributed by atoms with Gasteiger partial charge in [0.05, 0.1) is 12.6 Å².